The molecule has 0 aliphatic carbocycles. The molecule has 1 atom stereocenters. The molecule has 0 spiro atoms. The minimum absolute atomic E-state index is 0.0467. The second-order valence-electron chi connectivity index (χ2n) is 6.14. The molecule has 0 bridgehead atoms. The van der Waals surface area contributed by atoms with E-state index >= 15 is 0 Å². The van der Waals surface area contributed by atoms with Crippen molar-refractivity contribution >= 4 is 11.8 Å². The summed E-state index contributed by atoms with van der Waals surface area (Å²) < 4.78 is 11.0. The van der Waals surface area contributed by atoms with Crippen LogP contribution in [-0.2, 0) is 4.79 Å². The van der Waals surface area contributed by atoms with E-state index in [4.69, 9.17) is 9.47 Å². The molecule has 2 amide bonds. The molecule has 0 saturated carbocycles. The summed E-state index contributed by atoms with van der Waals surface area (Å²) in [6.45, 7) is 1.02. The van der Waals surface area contributed by atoms with Crippen LogP contribution in [0.1, 0.15) is 23.2 Å². The van der Waals surface area contributed by atoms with Crippen LogP contribution in [0.2, 0.25) is 0 Å². The van der Waals surface area contributed by atoms with Gasteiger partial charge in [0.05, 0.1) is 20.2 Å². The number of benzene rings is 1. The summed E-state index contributed by atoms with van der Waals surface area (Å²) >= 11 is 0. The number of rotatable bonds is 6. The molecule has 1 aliphatic heterocycles. The summed E-state index contributed by atoms with van der Waals surface area (Å²) in [7, 11) is 1.50. The topological polar surface area (TPSA) is 93.7 Å². The molecule has 27 heavy (non-hydrogen) atoms. The monoisotopic (exact) mass is 370 g/mol. The molecule has 1 aliphatic rings. The van der Waals surface area contributed by atoms with Crippen LogP contribution < -0.4 is 14.8 Å². The Bertz CT molecular complexity index is 784. The standard InChI is InChI=1S/C19H22N4O4/c1-26-18-19(21-10-9-20-18)27-15-8-5-11-23(13-15)16(24)12-22-17(25)14-6-3-2-4-7-14/h2-4,6-7,9-10,15H,5,8,11-13H2,1H3,(H,22,25). The zero-order chi connectivity index (χ0) is 19.1. The van der Waals surface area contributed by atoms with Crippen LogP contribution in [0.3, 0.4) is 0 Å². The first-order valence-electron chi connectivity index (χ1n) is 8.80. The lowest BCUT2D eigenvalue weighted by Crippen LogP contribution is -2.48. The average molecular weight is 370 g/mol. The Kier molecular flexibility index (Phi) is 6.19. The van der Waals surface area contributed by atoms with Gasteiger partial charge < -0.3 is 19.7 Å². The summed E-state index contributed by atoms with van der Waals surface area (Å²) in [5, 5.41) is 2.67. The molecule has 1 fully saturated rings. The van der Waals surface area contributed by atoms with Crippen molar-refractivity contribution in [2.75, 3.05) is 26.7 Å². The number of ether oxygens (including phenoxy) is 2. The summed E-state index contributed by atoms with van der Waals surface area (Å²) in [6.07, 6.45) is 4.48. The molecular weight excluding hydrogens is 348 g/mol. The molecule has 1 unspecified atom stereocenters. The molecule has 142 valence electrons. The Morgan fingerprint density at radius 3 is 2.67 bits per heavy atom. The molecular formula is C19H22N4O4. The highest BCUT2D eigenvalue weighted by Crippen LogP contribution is 2.23. The normalized spacial score (nSPS) is 16.5. The van der Waals surface area contributed by atoms with Crippen LogP contribution in [0.4, 0.5) is 0 Å². The fraction of sp³-hybridized carbons (Fsp3) is 0.368. The first kappa shape index (κ1) is 18.6. The summed E-state index contributed by atoms with van der Waals surface area (Å²) in [4.78, 5) is 34.4. The largest absolute Gasteiger partial charge is 0.477 e. The highest BCUT2D eigenvalue weighted by molar-refractivity contribution is 5.96. The molecule has 8 heteroatoms. The van der Waals surface area contributed by atoms with Gasteiger partial charge in [0.25, 0.3) is 17.7 Å². The van der Waals surface area contributed by atoms with E-state index in [0.29, 0.717) is 30.4 Å². The lowest BCUT2D eigenvalue weighted by Gasteiger charge is -2.32. The highest BCUT2D eigenvalue weighted by atomic mass is 16.5. The summed E-state index contributed by atoms with van der Waals surface area (Å²) in [5.74, 6) is 0.226. The van der Waals surface area contributed by atoms with Crippen LogP contribution >= 0.6 is 0 Å². The van der Waals surface area contributed by atoms with Crippen molar-refractivity contribution in [1.29, 1.82) is 0 Å². The van der Waals surface area contributed by atoms with Gasteiger partial charge in [0.15, 0.2) is 0 Å². The number of methoxy groups -OCH3 is 1. The molecule has 1 N–H and O–H groups in total. The molecule has 1 aromatic heterocycles. The maximum Gasteiger partial charge on any atom is 0.278 e. The number of nitrogens with zero attached hydrogens (tertiary/aromatic N) is 3. The third kappa shape index (κ3) is 4.93. The highest BCUT2D eigenvalue weighted by Gasteiger charge is 2.26. The van der Waals surface area contributed by atoms with Gasteiger partial charge in [-0.2, -0.15) is 0 Å². The van der Waals surface area contributed by atoms with Gasteiger partial charge in [0, 0.05) is 24.5 Å². The zero-order valence-electron chi connectivity index (χ0n) is 15.1. The molecule has 3 rings (SSSR count). The van der Waals surface area contributed by atoms with Gasteiger partial charge >= 0.3 is 0 Å². The summed E-state index contributed by atoms with van der Waals surface area (Å²) in [5.41, 5.74) is 0.528. The number of nitrogens with one attached hydrogen (secondary N) is 1. The van der Waals surface area contributed by atoms with Crippen molar-refractivity contribution in [3.63, 3.8) is 0 Å². The molecule has 1 aromatic carbocycles. The average Bonchev–Trinajstić information content (AvgIpc) is 2.73. The van der Waals surface area contributed by atoms with Crippen molar-refractivity contribution < 1.29 is 19.1 Å². The number of hydrogen-bond donors (Lipinski definition) is 1. The Morgan fingerprint density at radius 1 is 1.19 bits per heavy atom. The fourth-order valence-corrected chi connectivity index (χ4v) is 2.91. The maximum absolute atomic E-state index is 12.5. The van der Waals surface area contributed by atoms with Crippen LogP contribution in [-0.4, -0.2) is 59.5 Å². The number of piperidine rings is 1. The van der Waals surface area contributed by atoms with E-state index in [1.54, 1.807) is 29.2 Å². The van der Waals surface area contributed by atoms with Crippen molar-refractivity contribution in [3.05, 3.63) is 48.3 Å². The Balaban J connectivity index is 1.53. The van der Waals surface area contributed by atoms with Crippen LogP contribution in [0.15, 0.2) is 42.7 Å². The van der Waals surface area contributed by atoms with Crippen molar-refractivity contribution in [2.24, 2.45) is 0 Å². The molecule has 2 aromatic rings. The van der Waals surface area contributed by atoms with E-state index in [1.807, 2.05) is 6.07 Å². The Morgan fingerprint density at radius 2 is 1.93 bits per heavy atom. The van der Waals surface area contributed by atoms with Gasteiger partial charge in [-0.25, -0.2) is 9.97 Å². The van der Waals surface area contributed by atoms with E-state index in [-0.39, 0.29) is 24.5 Å². The predicted molar refractivity (Wildman–Crippen MR) is 97.6 cm³/mol. The lowest BCUT2D eigenvalue weighted by molar-refractivity contribution is -0.132. The fourth-order valence-electron chi connectivity index (χ4n) is 2.91. The van der Waals surface area contributed by atoms with E-state index in [1.165, 1.54) is 19.5 Å². The van der Waals surface area contributed by atoms with Crippen LogP contribution in [0, 0.1) is 0 Å². The Hall–Kier alpha value is -3.16. The van der Waals surface area contributed by atoms with Crippen molar-refractivity contribution in [1.82, 2.24) is 20.2 Å². The van der Waals surface area contributed by atoms with E-state index in [9.17, 15) is 9.59 Å². The first-order chi connectivity index (χ1) is 13.2. The number of likely N-dealkylation sites (tertiary alicyclic amines) is 1. The smallest absolute Gasteiger partial charge is 0.278 e. The lowest BCUT2D eigenvalue weighted by atomic mass is 10.1. The zero-order valence-corrected chi connectivity index (χ0v) is 15.1. The third-order valence-corrected chi connectivity index (χ3v) is 4.27. The third-order valence-electron chi connectivity index (χ3n) is 4.27. The SMILES string of the molecule is COc1nccnc1OC1CCCN(C(=O)CNC(=O)c2ccccc2)C1. The van der Waals surface area contributed by atoms with Gasteiger partial charge in [-0.3, -0.25) is 9.59 Å². The second-order valence-corrected chi connectivity index (χ2v) is 6.14. The summed E-state index contributed by atoms with van der Waals surface area (Å²) in [6, 6.07) is 8.81. The number of aromatic nitrogens is 2. The van der Waals surface area contributed by atoms with Crippen LogP contribution in [0.5, 0.6) is 11.8 Å². The van der Waals surface area contributed by atoms with Gasteiger partial charge in [0.2, 0.25) is 5.91 Å². The van der Waals surface area contributed by atoms with E-state index in [0.717, 1.165) is 12.8 Å². The van der Waals surface area contributed by atoms with E-state index < -0.39 is 0 Å². The Labute approximate surface area is 157 Å². The van der Waals surface area contributed by atoms with Crippen molar-refractivity contribution in [3.8, 4) is 11.8 Å². The maximum atomic E-state index is 12.5. The molecule has 1 saturated heterocycles. The number of carbonyl (C=O) groups excluding carboxylic acids is 2. The molecule has 8 nitrogen and oxygen atoms in total. The number of carbonyl (C=O) groups is 2. The predicted octanol–water partition coefficient (Wildman–Crippen LogP) is 1.28. The van der Waals surface area contributed by atoms with Gasteiger partial charge in [-0.1, -0.05) is 18.2 Å². The molecule has 2 heterocycles. The second kappa shape index (κ2) is 8.98. The first-order valence-corrected chi connectivity index (χ1v) is 8.80. The van der Waals surface area contributed by atoms with Gasteiger partial charge in [0.1, 0.15) is 6.10 Å². The van der Waals surface area contributed by atoms with Gasteiger partial charge in [-0.05, 0) is 25.0 Å². The number of amides is 2. The number of hydrogen-bond acceptors (Lipinski definition) is 6. The minimum atomic E-state index is -0.266. The quantitative estimate of drug-likeness (QED) is 0.823. The minimum Gasteiger partial charge on any atom is -0.477 e. The van der Waals surface area contributed by atoms with E-state index in [2.05, 4.69) is 15.3 Å². The van der Waals surface area contributed by atoms with Crippen LogP contribution in [0.25, 0.3) is 0 Å². The van der Waals surface area contributed by atoms with Crippen molar-refractivity contribution in [2.45, 2.75) is 18.9 Å². The van der Waals surface area contributed by atoms with Gasteiger partial charge in [-0.15, -0.1) is 0 Å². The molecule has 0 radical (unpaired) electrons.